The summed E-state index contributed by atoms with van der Waals surface area (Å²) < 4.78 is 6.29. The van der Waals surface area contributed by atoms with Gasteiger partial charge < -0.3 is 35.5 Å². The minimum Gasteiger partial charge on any atom is -0.491 e. The largest absolute Gasteiger partial charge is 0.491 e. The lowest BCUT2D eigenvalue weighted by atomic mass is 10.1. The molecule has 3 heterocycles. The maximum absolute atomic E-state index is 12.7. The number of benzene rings is 2. The molecule has 4 aromatic rings. The Morgan fingerprint density at radius 1 is 1.15 bits per heavy atom. The Labute approximate surface area is 222 Å². The number of carboxylic acid groups (broad SMARTS) is 2. The van der Waals surface area contributed by atoms with Gasteiger partial charge in [-0.05, 0) is 42.8 Å². The van der Waals surface area contributed by atoms with Crippen molar-refractivity contribution < 1.29 is 29.3 Å². The Morgan fingerprint density at radius 3 is 2.85 bits per heavy atom. The van der Waals surface area contributed by atoms with Crippen LogP contribution in [-0.4, -0.2) is 73.4 Å². The first kappa shape index (κ1) is 25.7. The second kappa shape index (κ2) is 11.2. The minimum atomic E-state index is -1.41. The molecule has 13 heteroatoms. The van der Waals surface area contributed by atoms with Gasteiger partial charge in [-0.15, -0.1) is 0 Å². The zero-order chi connectivity index (χ0) is 27.4. The van der Waals surface area contributed by atoms with Crippen LogP contribution in [0.15, 0.2) is 49.1 Å². The molecule has 2 amide bonds. The number of hydrogen-bond donors (Lipinski definition) is 5. The SMILES string of the molecule is O=C(O)CCC(NC(=O)O)C(=O)Nc1ccc2cccc(OCC3CCCN3c3ncnc4nc[nH]c34)c2c1. The number of rotatable bonds is 10. The third-order valence-electron chi connectivity index (χ3n) is 6.65. The standard InChI is InChI=1S/C26H27N7O6/c34-21(35)9-8-19(32-26(37)38)25(36)31-16-7-6-15-3-1-5-20(18(15)11-16)39-12-17-4-2-10-33(17)24-22-23(28-13-27-22)29-14-30-24/h1,3,5-7,11,13-14,17,19,32H,2,4,8-10,12H2,(H,31,36)(H,34,35)(H,37,38)(H,27,28,29,30). The fourth-order valence-corrected chi connectivity index (χ4v) is 4.81. The van der Waals surface area contributed by atoms with Crippen LogP contribution >= 0.6 is 0 Å². The van der Waals surface area contributed by atoms with Gasteiger partial charge in [-0.2, -0.15) is 0 Å². The van der Waals surface area contributed by atoms with E-state index in [4.69, 9.17) is 14.9 Å². The molecule has 39 heavy (non-hydrogen) atoms. The smallest absolute Gasteiger partial charge is 0.405 e. The van der Waals surface area contributed by atoms with Gasteiger partial charge >= 0.3 is 12.1 Å². The maximum Gasteiger partial charge on any atom is 0.405 e. The quantitative estimate of drug-likeness (QED) is 0.203. The van der Waals surface area contributed by atoms with Gasteiger partial charge in [0.25, 0.3) is 0 Å². The lowest BCUT2D eigenvalue weighted by Gasteiger charge is -2.26. The average Bonchev–Trinajstić information content (AvgIpc) is 3.59. The van der Waals surface area contributed by atoms with Crippen molar-refractivity contribution in [2.24, 2.45) is 0 Å². The molecule has 0 radical (unpaired) electrons. The fraction of sp³-hybridized carbons (Fsp3) is 0.308. The summed E-state index contributed by atoms with van der Waals surface area (Å²) in [5.74, 6) is -0.343. The Morgan fingerprint density at radius 2 is 2.03 bits per heavy atom. The lowest BCUT2D eigenvalue weighted by Crippen LogP contribution is -2.43. The van der Waals surface area contributed by atoms with Crippen molar-refractivity contribution in [2.45, 2.75) is 37.8 Å². The van der Waals surface area contributed by atoms with E-state index in [2.05, 4.69) is 35.5 Å². The molecule has 0 saturated carbocycles. The molecule has 0 aliphatic carbocycles. The van der Waals surface area contributed by atoms with Crippen molar-refractivity contribution in [3.63, 3.8) is 0 Å². The highest BCUT2D eigenvalue weighted by Crippen LogP contribution is 2.31. The number of aromatic nitrogens is 4. The number of imidazole rings is 1. The van der Waals surface area contributed by atoms with Gasteiger partial charge in [0.1, 0.15) is 30.2 Å². The number of H-pyrrole nitrogens is 1. The zero-order valence-corrected chi connectivity index (χ0v) is 20.8. The summed E-state index contributed by atoms with van der Waals surface area (Å²) in [7, 11) is 0. The molecular formula is C26H27N7O6. The first-order valence-electron chi connectivity index (χ1n) is 12.5. The van der Waals surface area contributed by atoms with E-state index in [0.29, 0.717) is 23.7 Å². The molecule has 5 N–H and O–H groups in total. The Balaban J connectivity index is 1.32. The van der Waals surface area contributed by atoms with Gasteiger partial charge in [0.2, 0.25) is 5.91 Å². The van der Waals surface area contributed by atoms with Crippen LogP contribution in [0.4, 0.5) is 16.3 Å². The summed E-state index contributed by atoms with van der Waals surface area (Å²) in [5.41, 5.74) is 1.83. The Bertz CT molecular complexity index is 1520. The van der Waals surface area contributed by atoms with Gasteiger partial charge in [-0.25, -0.2) is 19.7 Å². The molecule has 1 aliphatic rings. The molecule has 0 bridgehead atoms. The zero-order valence-electron chi connectivity index (χ0n) is 20.8. The highest BCUT2D eigenvalue weighted by Gasteiger charge is 2.28. The van der Waals surface area contributed by atoms with Crippen molar-refractivity contribution >= 4 is 51.4 Å². The molecule has 202 valence electrons. The molecule has 2 aromatic carbocycles. The van der Waals surface area contributed by atoms with Crippen LogP contribution in [0.1, 0.15) is 25.7 Å². The lowest BCUT2D eigenvalue weighted by molar-refractivity contribution is -0.137. The van der Waals surface area contributed by atoms with E-state index in [-0.39, 0.29) is 18.9 Å². The highest BCUT2D eigenvalue weighted by molar-refractivity contribution is 5.99. The number of carbonyl (C=O) groups is 3. The van der Waals surface area contributed by atoms with Crippen LogP contribution in [0.25, 0.3) is 21.9 Å². The molecule has 1 aliphatic heterocycles. The van der Waals surface area contributed by atoms with Crippen molar-refractivity contribution in [1.82, 2.24) is 25.3 Å². The van der Waals surface area contributed by atoms with Crippen molar-refractivity contribution in [2.75, 3.05) is 23.4 Å². The predicted octanol–water partition coefficient (Wildman–Crippen LogP) is 2.99. The number of nitrogens with zero attached hydrogens (tertiary/aromatic N) is 4. The second-order valence-corrected chi connectivity index (χ2v) is 9.21. The molecular weight excluding hydrogens is 506 g/mol. The molecule has 13 nitrogen and oxygen atoms in total. The normalized spacial score (nSPS) is 15.8. The number of anilines is 2. The number of carbonyl (C=O) groups excluding carboxylic acids is 1. The van der Waals surface area contributed by atoms with Gasteiger partial charge in [0, 0.05) is 24.0 Å². The number of nitrogens with one attached hydrogen (secondary N) is 3. The predicted molar refractivity (Wildman–Crippen MR) is 142 cm³/mol. The van der Waals surface area contributed by atoms with Crippen molar-refractivity contribution in [3.8, 4) is 5.75 Å². The van der Waals surface area contributed by atoms with Crippen LogP contribution in [0.5, 0.6) is 5.75 Å². The van der Waals surface area contributed by atoms with Gasteiger partial charge in [0.15, 0.2) is 11.5 Å². The third kappa shape index (κ3) is 5.81. The van der Waals surface area contributed by atoms with E-state index in [1.54, 1.807) is 18.5 Å². The van der Waals surface area contributed by atoms with Crippen LogP contribution in [0.2, 0.25) is 0 Å². The Kier molecular flexibility index (Phi) is 7.39. The van der Waals surface area contributed by atoms with E-state index in [1.165, 1.54) is 6.33 Å². The summed E-state index contributed by atoms with van der Waals surface area (Å²) >= 11 is 0. The van der Waals surface area contributed by atoms with Crippen molar-refractivity contribution in [3.05, 3.63) is 49.1 Å². The number of amides is 2. The van der Waals surface area contributed by atoms with Gasteiger partial charge in [-0.3, -0.25) is 9.59 Å². The summed E-state index contributed by atoms with van der Waals surface area (Å²) in [6.45, 7) is 1.24. The molecule has 0 spiro atoms. The summed E-state index contributed by atoms with van der Waals surface area (Å²) in [5, 5.41) is 24.4. The van der Waals surface area contributed by atoms with E-state index in [9.17, 15) is 14.4 Å². The molecule has 2 unspecified atom stereocenters. The topological polar surface area (TPSA) is 183 Å². The van der Waals surface area contributed by atoms with Crippen LogP contribution in [0, 0.1) is 0 Å². The maximum atomic E-state index is 12.7. The third-order valence-corrected chi connectivity index (χ3v) is 6.65. The van der Waals surface area contributed by atoms with E-state index in [0.717, 1.165) is 41.5 Å². The fourth-order valence-electron chi connectivity index (χ4n) is 4.81. The van der Waals surface area contributed by atoms with Crippen molar-refractivity contribution in [1.29, 1.82) is 0 Å². The average molecular weight is 534 g/mol. The number of aromatic amines is 1. The minimum absolute atomic E-state index is 0.0848. The number of hydrogen-bond acceptors (Lipinski definition) is 8. The molecule has 1 fully saturated rings. The van der Waals surface area contributed by atoms with E-state index >= 15 is 0 Å². The molecule has 5 rings (SSSR count). The van der Waals surface area contributed by atoms with Gasteiger partial charge in [-0.1, -0.05) is 18.2 Å². The summed E-state index contributed by atoms with van der Waals surface area (Å²) in [6.07, 6.45) is 3.09. The van der Waals surface area contributed by atoms with Crippen LogP contribution in [-0.2, 0) is 9.59 Å². The first-order valence-corrected chi connectivity index (χ1v) is 12.5. The number of aliphatic carboxylic acids is 1. The summed E-state index contributed by atoms with van der Waals surface area (Å²) in [6, 6.07) is 9.82. The van der Waals surface area contributed by atoms with Crippen LogP contribution < -0.4 is 20.3 Å². The number of ether oxygens (including phenoxy) is 1. The Hall–Kier alpha value is -4.94. The summed E-state index contributed by atoms with van der Waals surface area (Å²) in [4.78, 5) is 53.0. The highest BCUT2D eigenvalue weighted by atomic mass is 16.5. The monoisotopic (exact) mass is 533 g/mol. The van der Waals surface area contributed by atoms with Crippen LogP contribution in [0.3, 0.4) is 0 Å². The number of carboxylic acids is 1. The molecule has 1 saturated heterocycles. The van der Waals surface area contributed by atoms with Gasteiger partial charge in [0.05, 0.1) is 12.4 Å². The van der Waals surface area contributed by atoms with E-state index in [1.807, 2.05) is 24.3 Å². The van der Waals surface area contributed by atoms with E-state index < -0.39 is 24.0 Å². The first-order chi connectivity index (χ1) is 18.9. The molecule has 2 atom stereocenters. The second-order valence-electron chi connectivity index (χ2n) is 9.21. The number of fused-ring (bicyclic) bond motifs is 2. The molecule has 2 aromatic heterocycles.